The number of aromatic carboxylic acids is 1. The Bertz CT molecular complexity index is 829. The first kappa shape index (κ1) is 15.1. The zero-order chi connectivity index (χ0) is 16.2. The van der Waals surface area contributed by atoms with Crippen LogP contribution in [0.15, 0.2) is 64.5 Å². The predicted molar refractivity (Wildman–Crippen MR) is 90.6 cm³/mol. The maximum atomic E-state index is 12.0. The molecule has 5 nitrogen and oxygen atoms in total. The number of carboxylic acids is 1. The van der Waals surface area contributed by atoms with Crippen molar-refractivity contribution in [3.63, 3.8) is 0 Å². The van der Waals surface area contributed by atoms with Crippen molar-refractivity contribution in [2.24, 2.45) is 4.99 Å². The minimum absolute atomic E-state index is 0.154. The summed E-state index contributed by atoms with van der Waals surface area (Å²) in [4.78, 5) is 28.0. The van der Waals surface area contributed by atoms with Gasteiger partial charge >= 0.3 is 5.97 Å². The van der Waals surface area contributed by atoms with E-state index < -0.39 is 5.97 Å². The minimum Gasteiger partial charge on any atom is -0.478 e. The molecule has 2 aromatic rings. The lowest BCUT2D eigenvalue weighted by molar-refractivity contribution is -0.115. The standard InChI is InChI=1S/C17H12N2O3S/c20-15-14(10-11-6-4-5-9-13(11)16(21)22)23-17(19-15)18-12-7-2-1-3-8-12/h1-10H,(H,21,22)(H,18,19,20)/b14-10+. The van der Waals surface area contributed by atoms with Crippen LogP contribution in [-0.4, -0.2) is 22.2 Å². The van der Waals surface area contributed by atoms with Gasteiger partial charge in [0.25, 0.3) is 5.91 Å². The van der Waals surface area contributed by atoms with Crippen molar-refractivity contribution in [1.82, 2.24) is 5.32 Å². The molecule has 23 heavy (non-hydrogen) atoms. The number of hydrogen-bond acceptors (Lipinski definition) is 4. The first-order valence-corrected chi connectivity index (χ1v) is 7.62. The van der Waals surface area contributed by atoms with Crippen molar-refractivity contribution < 1.29 is 14.7 Å². The number of rotatable bonds is 3. The molecule has 0 aromatic heterocycles. The fourth-order valence-corrected chi connectivity index (χ4v) is 2.89. The van der Waals surface area contributed by atoms with Crippen LogP contribution in [0.5, 0.6) is 0 Å². The number of hydrogen-bond donors (Lipinski definition) is 2. The molecule has 0 saturated carbocycles. The van der Waals surface area contributed by atoms with Gasteiger partial charge in [0.1, 0.15) is 0 Å². The highest BCUT2D eigenvalue weighted by Crippen LogP contribution is 2.28. The van der Waals surface area contributed by atoms with Crippen LogP contribution in [0, 0.1) is 0 Å². The van der Waals surface area contributed by atoms with Gasteiger partial charge in [-0.15, -0.1) is 0 Å². The van der Waals surface area contributed by atoms with Gasteiger partial charge in [-0.2, -0.15) is 0 Å². The molecule has 0 spiro atoms. The molecule has 114 valence electrons. The highest BCUT2D eigenvalue weighted by Gasteiger charge is 2.24. The average Bonchev–Trinajstić information content (AvgIpc) is 2.88. The summed E-state index contributed by atoms with van der Waals surface area (Å²) < 4.78 is 0. The van der Waals surface area contributed by atoms with E-state index in [2.05, 4.69) is 10.3 Å². The molecule has 0 bridgehead atoms. The van der Waals surface area contributed by atoms with Crippen molar-refractivity contribution in [3.8, 4) is 0 Å². The van der Waals surface area contributed by atoms with E-state index in [4.69, 9.17) is 0 Å². The highest BCUT2D eigenvalue weighted by molar-refractivity contribution is 8.18. The molecule has 1 fully saturated rings. The van der Waals surface area contributed by atoms with Crippen LogP contribution in [0.2, 0.25) is 0 Å². The van der Waals surface area contributed by atoms with Crippen LogP contribution in [0.1, 0.15) is 15.9 Å². The van der Waals surface area contributed by atoms with E-state index in [1.165, 1.54) is 17.8 Å². The molecule has 1 amide bonds. The summed E-state index contributed by atoms with van der Waals surface area (Å²) in [6.07, 6.45) is 1.57. The molecule has 1 aliphatic heterocycles. The Labute approximate surface area is 136 Å². The first-order chi connectivity index (χ1) is 11.1. The molecular formula is C17H12N2O3S. The third-order valence-electron chi connectivity index (χ3n) is 3.12. The van der Waals surface area contributed by atoms with Gasteiger partial charge in [0.15, 0.2) is 5.17 Å². The van der Waals surface area contributed by atoms with Gasteiger partial charge in [-0.3, -0.25) is 4.79 Å². The Kier molecular flexibility index (Phi) is 4.25. The zero-order valence-corrected chi connectivity index (χ0v) is 12.7. The number of carbonyl (C=O) groups excluding carboxylic acids is 1. The largest absolute Gasteiger partial charge is 0.478 e. The number of amidine groups is 1. The van der Waals surface area contributed by atoms with Crippen LogP contribution in [0.4, 0.5) is 5.69 Å². The molecule has 3 rings (SSSR count). The Morgan fingerprint density at radius 3 is 2.52 bits per heavy atom. The third kappa shape index (κ3) is 3.49. The van der Waals surface area contributed by atoms with Crippen LogP contribution in [0.3, 0.4) is 0 Å². The second kappa shape index (κ2) is 6.50. The number of aliphatic imine (C=N–C) groups is 1. The van der Waals surface area contributed by atoms with E-state index in [0.29, 0.717) is 15.6 Å². The molecule has 0 atom stereocenters. The molecule has 1 aliphatic rings. The lowest BCUT2D eigenvalue weighted by atomic mass is 10.1. The highest BCUT2D eigenvalue weighted by atomic mass is 32.2. The quantitative estimate of drug-likeness (QED) is 0.849. The molecular weight excluding hydrogens is 312 g/mol. The van der Waals surface area contributed by atoms with E-state index in [0.717, 1.165) is 5.69 Å². The maximum Gasteiger partial charge on any atom is 0.336 e. The van der Waals surface area contributed by atoms with E-state index >= 15 is 0 Å². The smallest absolute Gasteiger partial charge is 0.336 e. The normalized spacial score (nSPS) is 17.5. The van der Waals surface area contributed by atoms with Crippen LogP contribution >= 0.6 is 11.8 Å². The SMILES string of the molecule is O=C1NC(=Nc2ccccc2)S/C1=C/c1ccccc1C(=O)O. The van der Waals surface area contributed by atoms with Crippen LogP contribution in [0.25, 0.3) is 6.08 Å². The summed E-state index contributed by atoms with van der Waals surface area (Å²) >= 11 is 1.19. The van der Waals surface area contributed by atoms with E-state index in [1.54, 1.807) is 24.3 Å². The maximum absolute atomic E-state index is 12.0. The number of para-hydroxylation sites is 1. The Hall–Kier alpha value is -2.86. The number of benzene rings is 2. The molecule has 2 aromatic carbocycles. The number of thioether (sulfide) groups is 1. The predicted octanol–water partition coefficient (Wildman–Crippen LogP) is 3.28. The summed E-state index contributed by atoms with van der Waals surface area (Å²) in [5.74, 6) is -1.32. The second-order valence-corrected chi connectivity index (χ2v) is 5.74. The number of amides is 1. The minimum atomic E-state index is -1.03. The van der Waals surface area contributed by atoms with Gasteiger partial charge in [0, 0.05) is 0 Å². The Balaban J connectivity index is 1.89. The van der Waals surface area contributed by atoms with Gasteiger partial charge in [-0.25, -0.2) is 9.79 Å². The average molecular weight is 324 g/mol. The molecule has 0 unspecified atom stereocenters. The Morgan fingerprint density at radius 1 is 1.09 bits per heavy atom. The van der Waals surface area contributed by atoms with Gasteiger partial charge in [-0.1, -0.05) is 36.4 Å². The molecule has 6 heteroatoms. The fraction of sp³-hybridized carbons (Fsp3) is 0. The summed E-state index contributed by atoms with van der Waals surface area (Å²) in [6.45, 7) is 0. The van der Waals surface area contributed by atoms with Crippen molar-refractivity contribution in [2.45, 2.75) is 0 Å². The van der Waals surface area contributed by atoms with E-state index in [9.17, 15) is 14.7 Å². The number of nitrogens with zero attached hydrogens (tertiary/aromatic N) is 1. The third-order valence-corrected chi connectivity index (χ3v) is 4.03. The van der Waals surface area contributed by atoms with Gasteiger partial charge in [0.05, 0.1) is 16.2 Å². The number of carbonyl (C=O) groups is 2. The summed E-state index contributed by atoms with van der Waals surface area (Å²) in [5.41, 5.74) is 1.38. The van der Waals surface area contributed by atoms with Crippen LogP contribution < -0.4 is 5.32 Å². The topological polar surface area (TPSA) is 78.8 Å². The molecule has 0 radical (unpaired) electrons. The van der Waals surface area contributed by atoms with Crippen molar-refractivity contribution >= 4 is 40.6 Å². The molecule has 1 heterocycles. The second-order valence-electron chi connectivity index (χ2n) is 4.71. The lowest BCUT2D eigenvalue weighted by Gasteiger charge is -2.00. The number of nitrogens with one attached hydrogen (secondary N) is 1. The Morgan fingerprint density at radius 2 is 1.78 bits per heavy atom. The van der Waals surface area contributed by atoms with Crippen molar-refractivity contribution in [3.05, 3.63) is 70.6 Å². The van der Waals surface area contributed by atoms with Crippen molar-refractivity contribution in [1.29, 1.82) is 0 Å². The van der Waals surface area contributed by atoms with E-state index in [1.807, 2.05) is 30.3 Å². The van der Waals surface area contributed by atoms with Gasteiger partial charge in [-0.05, 0) is 41.6 Å². The summed E-state index contributed by atoms with van der Waals surface area (Å²) in [5, 5.41) is 12.3. The van der Waals surface area contributed by atoms with E-state index in [-0.39, 0.29) is 11.5 Å². The summed E-state index contributed by atoms with van der Waals surface area (Å²) in [7, 11) is 0. The molecule has 2 N–H and O–H groups in total. The zero-order valence-electron chi connectivity index (χ0n) is 11.9. The first-order valence-electron chi connectivity index (χ1n) is 6.80. The van der Waals surface area contributed by atoms with Crippen LogP contribution in [-0.2, 0) is 4.79 Å². The van der Waals surface area contributed by atoms with Crippen molar-refractivity contribution in [2.75, 3.05) is 0 Å². The molecule has 1 saturated heterocycles. The fourth-order valence-electron chi connectivity index (χ4n) is 2.06. The lowest BCUT2D eigenvalue weighted by Crippen LogP contribution is -2.19. The molecule has 0 aliphatic carbocycles. The summed E-state index contributed by atoms with van der Waals surface area (Å²) in [6, 6.07) is 15.8. The monoisotopic (exact) mass is 324 g/mol. The van der Waals surface area contributed by atoms with Gasteiger partial charge < -0.3 is 10.4 Å². The van der Waals surface area contributed by atoms with Gasteiger partial charge in [0.2, 0.25) is 0 Å². The number of carboxylic acid groups (broad SMARTS) is 1.